The van der Waals surface area contributed by atoms with Crippen LogP contribution in [0.5, 0.6) is 0 Å². The van der Waals surface area contributed by atoms with Crippen molar-refractivity contribution >= 4 is 86.7 Å². The molecule has 0 amide bonds. The van der Waals surface area contributed by atoms with Crippen LogP contribution >= 0.6 is 34.1 Å². The van der Waals surface area contributed by atoms with Crippen molar-refractivity contribution in [3.8, 4) is 22.3 Å². The fraction of sp³-hybridized carbons (Fsp3) is 0.286. The summed E-state index contributed by atoms with van der Waals surface area (Å²) in [5, 5.41) is 10.9. The second-order valence-corrected chi connectivity index (χ2v) is 25.2. The average Bonchev–Trinajstić information content (AvgIpc) is 4.14. The van der Waals surface area contributed by atoms with Gasteiger partial charge in [-0.3, -0.25) is 0 Å². The van der Waals surface area contributed by atoms with E-state index in [-0.39, 0.29) is 0 Å². The van der Waals surface area contributed by atoms with Crippen LogP contribution in [0.4, 0.5) is 0 Å². The molecule has 8 aromatic rings. The Morgan fingerprint density at radius 3 is 1.13 bits per heavy atom. The first kappa shape index (κ1) is 50.6. The van der Waals surface area contributed by atoms with Gasteiger partial charge in [0.05, 0.1) is 0 Å². The number of fused-ring (bicyclic) bond motifs is 4. The molecule has 322 valence electrons. The zero-order valence-electron chi connectivity index (χ0n) is 36.8. The van der Waals surface area contributed by atoms with E-state index in [0.29, 0.717) is 20.3 Å². The predicted octanol–water partition coefficient (Wildman–Crippen LogP) is 18.8. The molecule has 0 N–H and O–H groups in total. The third kappa shape index (κ3) is 12.8. The van der Waals surface area contributed by atoms with E-state index in [4.69, 9.17) is 34.1 Å². The van der Waals surface area contributed by atoms with E-state index in [1.165, 1.54) is 154 Å². The second kappa shape index (κ2) is 25.4. The Morgan fingerprint density at radius 1 is 0.476 bits per heavy atom. The molecule has 63 heavy (non-hydrogen) atoms. The Labute approximate surface area is 417 Å². The standard InChI is InChI=1S/2C27H27.C2H4Si.4ClH.2Zr/c2*1-2-27(15-5-6-16-27)19-20-17-22-11-8-14-25(26(22)18-20)24-13-7-10-21-9-3-4-12-23(21)24;1-3-2;;;;;;/h2*3-4,7-14,17-18H,2,5-6,15-16,19H2,1H3;1-2H2;4*1H;;/q2*-1;-2;;;;;2*+4/p-4. The van der Waals surface area contributed by atoms with Gasteiger partial charge in [0.25, 0.3) is 0 Å². The van der Waals surface area contributed by atoms with Gasteiger partial charge in [-0.2, -0.15) is 12.1 Å². The van der Waals surface area contributed by atoms with Crippen LogP contribution in [-0.4, -0.2) is 9.52 Å². The van der Waals surface area contributed by atoms with Gasteiger partial charge in [-0.25, -0.2) is 0 Å². The van der Waals surface area contributed by atoms with Crippen LogP contribution in [0.1, 0.15) is 89.2 Å². The van der Waals surface area contributed by atoms with Gasteiger partial charge in [-0.05, 0) is 82.0 Å². The molecule has 10 rings (SSSR count). The summed E-state index contributed by atoms with van der Waals surface area (Å²) in [6.07, 6.45) is 16.4. The second-order valence-electron chi connectivity index (χ2n) is 17.3. The van der Waals surface area contributed by atoms with Gasteiger partial charge in [0.2, 0.25) is 0 Å². The first-order valence-corrected chi connectivity index (χ1v) is 36.4. The molecule has 2 saturated carbocycles. The van der Waals surface area contributed by atoms with E-state index in [1.807, 2.05) is 0 Å². The molecule has 2 fully saturated rings. The maximum atomic E-state index is 4.93. The van der Waals surface area contributed by atoms with Gasteiger partial charge in [-0.1, -0.05) is 161 Å². The Balaban J connectivity index is 0.000000177. The Hall–Kier alpha value is -1.80. The molecule has 0 aliphatic heterocycles. The van der Waals surface area contributed by atoms with Crippen molar-refractivity contribution in [1.82, 2.24) is 0 Å². The van der Waals surface area contributed by atoms with Crippen LogP contribution in [0.25, 0.3) is 65.3 Å². The van der Waals surface area contributed by atoms with Crippen LogP contribution in [0, 0.1) is 23.9 Å². The topological polar surface area (TPSA) is 0 Å². The summed E-state index contributed by atoms with van der Waals surface area (Å²) in [6.45, 7) is 11.6. The van der Waals surface area contributed by atoms with Gasteiger partial charge in [0, 0.05) is 0 Å². The summed E-state index contributed by atoms with van der Waals surface area (Å²) in [7, 11) is 20.3. The van der Waals surface area contributed by atoms with Gasteiger partial charge in [0.15, 0.2) is 0 Å². The molecule has 2 aliphatic carbocycles. The van der Waals surface area contributed by atoms with E-state index < -0.39 is 41.7 Å². The predicted molar refractivity (Wildman–Crippen MR) is 275 cm³/mol. The molecule has 0 aromatic heterocycles. The fourth-order valence-corrected chi connectivity index (χ4v) is 10.6. The molecule has 0 bridgehead atoms. The molecule has 0 heterocycles. The number of halogens is 4. The van der Waals surface area contributed by atoms with Crippen LogP contribution in [0.3, 0.4) is 0 Å². The van der Waals surface area contributed by atoms with Crippen molar-refractivity contribution in [1.29, 1.82) is 0 Å². The summed E-state index contributed by atoms with van der Waals surface area (Å²) >= 11 is -1.65. The van der Waals surface area contributed by atoms with Crippen LogP contribution in [-0.2, 0) is 54.5 Å². The van der Waals surface area contributed by atoms with E-state index in [0.717, 1.165) is 0 Å². The zero-order valence-corrected chi connectivity index (χ0v) is 45.7. The van der Waals surface area contributed by atoms with E-state index in [2.05, 4.69) is 173 Å². The monoisotopic (exact) mass is 1080 g/mol. The minimum atomic E-state index is -0.826. The van der Waals surface area contributed by atoms with Gasteiger partial charge in [0.1, 0.15) is 0 Å². The van der Waals surface area contributed by atoms with Gasteiger partial charge < -0.3 is 22.6 Å². The number of rotatable bonds is 8. The molecule has 0 spiro atoms. The van der Waals surface area contributed by atoms with Crippen molar-refractivity contribution in [2.24, 2.45) is 10.8 Å². The zero-order chi connectivity index (χ0) is 44.7. The van der Waals surface area contributed by atoms with Crippen LogP contribution in [0.15, 0.2) is 146 Å². The Morgan fingerprint density at radius 2 is 0.778 bits per heavy atom. The minimum absolute atomic E-state index is 0.546. The summed E-state index contributed by atoms with van der Waals surface area (Å²) in [5.74, 6) is 0. The first-order chi connectivity index (χ1) is 30.8. The van der Waals surface area contributed by atoms with Crippen molar-refractivity contribution in [2.45, 2.75) is 90.9 Å². The number of hydrogen-bond donors (Lipinski definition) is 0. The quantitative estimate of drug-likeness (QED) is 0.105. The molecule has 0 atom stereocenters. The summed E-state index contributed by atoms with van der Waals surface area (Å²) < 4.78 is 0. The molecule has 2 radical (unpaired) electrons. The summed E-state index contributed by atoms with van der Waals surface area (Å²) in [5.41, 5.74) is 9.58. The number of benzene rings is 6. The van der Waals surface area contributed by atoms with Crippen molar-refractivity contribution in [3.63, 3.8) is 0 Å². The normalized spacial score (nSPS) is 14.6. The molecule has 0 nitrogen and oxygen atoms in total. The Bertz CT molecular complexity index is 2440. The first-order valence-electron chi connectivity index (χ1n) is 22.4. The van der Waals surface area contributed by atoms with E-state index in [1.54, 1.807) is 0 Å². The van der Waals surface area contributed by atoms with Crippen molar-refractivity contribution in [2.75, 3.05) is 0 Å². The molecule has 2 aliphatic rings. The summed E-state index contributed by atoms with van der Waals surface area (Å²) in [4.78, 5) is 0. The van der Waals surface area contributed by atoms with Crippen molar-refractivity contribution in [3.05, 3.63) is 170 Å². The molecule has 8 aromatic carbocycles. The molecule has 0 unspecified atom stereocenters. The van der Waals surface area contributed by atoms with E-state index >= 15 is 0 Å². The average molecular weight is 1080 g/mol. The maximum absolute atomic E-state index is 4.93. The van der Waals surface area contributed by atoms with Gasteiger partial charge >= 0.3 is 75.7 Å². The van der Waals surface area contributed by atoms with Gasteiger partial charge in [-0.15, -0.1) is 69.1 Å². The molecular weight excluding hydrogens is 1020 g/mol. The van der Waals surface area contributed by atoms with E-state index in [9.17, 15) is 0 Å². The Kier molecular flexibility index (Phi) is 20.4. The number of hydrogen-bond acceptors (Lipinski definition) is 0. The SMILES string of the molecule is CCC1(Cc2cc3c(-c4cccc5ccccc45)cccc3[cH-]2)CCCC1.CCC1(Cc2cc3c(-c4cccc5ccccc45)cccc3[cH-]2)CCCC1.[CH2-][Si][CH2-].[Cl][Zr+2][Cl].[Cl][Zr+2][Cl]. The third-order valence-electron chi connectivity index (χ3n) is 13.8. The van der Waals surface area contributed by atoms with Crippen molar-refractivity contribution < 1.29 is 41.7 Å². The summed E-state index contributed by atoms with van der Waals surface area (Å²) in [6, 6.07) is 54.2. The van der Waals surface area contributed by atoms with Crippen LogP contribution in [0.2, 0.25) is 0 Å². The molecular formula is C56H58Cl4SiZr2. The fourth-order valence-electron chi connectivity index (χ4n) is 10.6. The molecule has 0 saturated heterocycles. The molecule has 7 heteroatoms. The van der Waals surface area contributed by atoms with Crippen LogP contribution < -0.4 is 0 Å². The third-order valence-corrected chi connectivity index (χ3v) is 13.8.